The minimum absolute atomic E-state index is 0.0295. The summed E-state index contributed by atoms with van der Waals surface area (Å²) in [5.74, 6) is 0.513. The van der Waals surface area contributed by atoms with Crippen molar-refractivity contribution in [3.63, 3.8) is 0 Å². The maximum Gasteiger partial charge on any atom is 0.302 e. The first-order valence-electron chi connectivity index (χ1n) is 18.8. The Morgan fingerprint density at radius 3 is 2.22 bits per heavy atom. The van der Waals surface area contributed by atoms with Gasteiger partial charge in [0.1, 0.15) is 36.6 Å². The molecule has 0 radical (unpaired) electrons. The van der Waals surface area contributed by atoms with Gasteiger partial charge in [0.2, 0.25) is 0 Å². The van der Waals surface area contributed by atoms with Crippen LogP contribution in [0.2, 0.25) is 0 Å². The highest BCUT2D eigenvalue weighted by molar-refractivity contribution is 5.66. The van der Waals surface area contributed by atoms with Gasteiger partial charge in [0.25, 0.3) is 0 Å². The number of ether oxygens (including phenoxy) is 3. The molecule has 6 rings (SSSR count). The molecule has 0 bridgehead atoms. The molecule has 11 heteroatoms. The van der Waals surface area contributed by atoms with Gasteiger partial charge in [-0.05, 0) is 112 Å². The van der Waals surface area contributed by atoms with Crippen molar-refractivity contribution in [2.45, 2.75) is 174 Å². The van der Waals surface area contributed by atoms with Crippen LogP contribution in [0.15, 0.2) is 0 Å². The number of carbonyl (C=O) groups excluding carboxylic acids is 1. The molecule has 0 aromatic rings. The Hall–Kier alpha value is -0.890. The third-order valence-corrected chi connectivity index (χ3v) is 15.9. The van der Waals surface area contributed by atoms with Crippen LogP contribution in [0, 0.1) is 50.7 Å². The molecule has 6 aliphatic rings. The molecule has 11 nitrogen and oxygen atoms in total. The van der Waals surface area contributed by atoms with Gasteiger partial charge in [-0.3, -0.25) is 4.79 Å². The highest BCUT2D eigenvalue weighted by Gasteiger charge is 2.85. The third-order valence-electron chi connectivity index (χ3n) is 15.9. The number of esters is 1. The largest absolute Gasteiger partial charge is 0.462 e. The summed E-state index contributed by atoms with van der Waals surface area (Å²) in [7, 11) is 0. The monoisotopic (exact) mass is 696 g/mol. The van der Waals surface area contributed by atoms with Crippen LogP contribution in [0.3, 0.4) is 0 Å². The third kappa shape index (κ3) is 5.41. The molecule has 1 saturated heterocycles. The van der Waals surface area contributed by atoms with E-state index in [0.29, 0.717) is 18.8 Å². The van der Waals surface area contributed by atoms with Gasteiger partial charge in [0.05, 0.1) is 24.4 Å². The maximum absolute atomic E-state index is 12.2. The highest BCUT2D eigenvalue weighted by Crippen LogP contribution is 2.91. The van der Waals surface area contributed by atoms with Crippen molar-refractivity contribution in [3.8, 4) is 0 Å². The van der Waals surface area contributed by atoms with Crippen LogP contribution in [0.25, 0.3) is 0 Å². The molecule has 0 aromatic carbocycles. The van der Waals surface area contributed by atoms with Crippen LogP contribution >= 0.6 is 0 Å². The lowest BCUT2D eigenvalue weighted by Gasteiger charge is -2.69. The summed E-state index contributed by atoms with van der Waals surface area (Å²) < 4.78 is 18.9. The zero-order chi connectivity index (χ0) is 36.3. The molecular weight excluding hydrogens is 632 g/mol. The second kappa shape index (κ2) is 12.3. The molecule has 2 unspecified atom stereocenters. The number of aliphatic hydroxyl groups is 7. The number of rotatable bonds is 9. The molecule has 17 atom stereocenters. The van der Waals surface area contributed by atoms with Gasteiger partial charge in [0.15, 0.2) is 6.29 Å². The van der Waals surface area contributed by atoms with Crippen LogP contribution in [-0.2, 0) is 19.0 Å². The molecule has 1 aliphatic heterocycles. The first-order chi connectivity index (χ1) is 22.6. The number of hydrogen-bond donors (Lipinski definition) is 7. The minimum Gasteiger partial charge on any atom is -0.462 e. The fraction of sp³-hybridized carbons (Fsp3) is 0.974. The van der Waals surface area contributed by atoms with Gasteiger partial charge >= 0.3 is 5.97 Å². The van der Waals surface area contributed by atoms with Gasteiger partial charge in [-0.25, -0.2) is 0 Å². The number of carbonyl (C=O) groups is 1. The Labute approximate surface area is 291 Å². The van der Waals surface area contributed by atoms with Gasteiger partial charge in [-0.2, -0.15) is 0 Å². The van der Waals surface area contributed by atoms with Crippen molar-refractivity contribution in [1.29, 1.82) is 0 Å². The first-order valence-corrected chi connectivity index (χ1v) is 18.8. The van der Waals surface area contributed by atoms with Crippen LogP contribution in [0.4, 0.5) is 0 Å². The molecule has 1 heterocycles. The Bertz CT molecular complexity index is 1250. The average molecular weight is 697 g/mol. The lowest BCUT2D eigenvalue weighted by Crippen LogP contribution is -2.68. The molecule has 0 aromatic heterocycles. The zero-order valence-corrected chi connectivity index (χ0v) is 30.8. The maximum atomic E-state index is 12.2. The Balaban J connectivity index is 1.36. The molecule has 0 amide bonds. The van der Waals surface area contributed by atoms with Crippen LogP contribution in [0.5, 0.6) is 0 Å². The van der Waals surface area contributed by atoms with Crippen LogP contribution < -0.4 is 0 Å². The fourth-order valence-corrected chi connectivity index (χ4v) is 13.5. The molecule has 282 valence electrons. The average Bonchev–Trinajstić information content (AvgIpc) is 3.58. The molecule has 0 spiro atoms. The highest BCUT2D eigenvalue weighted by atomic mass is 16.7. The SMILES string of the molecule is CC(=O)O[C@@H]1CC[C@]2(C)[C@H]3CC[C@@]45C[C@]4(CC[C@H]5[C@H](C)CC(O)C(O)C(C)(C)O)[C@]3(C)[C@H](O[C@@H]3O[C@H](CO)[C@@H](O)[C@H](O)[C@H]3O)C[C@H]2C1(C)C. The smallest absolute Gasteiger partial charge is 0.302 e. The van der Waals surface area contributed by atoms with E-state index in [-0.39, 0.29) is 56.9 Å². The van der Waals surface area contributed by atoms with E-state index in [1.54, 1.807) is 0 Å². The predicted molar refractivity (Wildman–Crippen MR) is 179 cm³/mol. The second-order valence-electron chi connectivity index (χ2n) is 18.9. The zero-order valence-electron chi connectivity index (χ0n) is 30.8. The summed E-state index contributed by atoms with van der Waals surface area (Å²) in [6.07, 6.45) is -2.03. The quantitative estimate of drug-likeness (QED) is 0.139. The van der Waals surface area contributed by atoms with E-state index in [0.717, 1.165) is 44.9 Å². The van der Waals surface area contributed by atoms with Crippen LogP contribution in [0.1, 0.15) is 113 Å². The minimum atomic E-state index is -1.54. The summed E-state index contributed by atoms with van der Waals surface area (Å²) in [5.41, 5.74) is -2.24. The summed E-state index contributed by atoms with van der Waals surface area (Å²) in [6, 6.07) is 0. The molecule has 49 heavy (non-hydrogen) atoms. The van der Waals surface area contributed by atoms with E-state index in [4.69, 9.17) is 14.2 Å². The summed E-state index contributed by atoms with van der Waals surface area (Å²) in [6.45, 7) is 15.3. The standard InChI is InChI=1S/C38H64O11/c1-19(15-22(41)31(45)34(5,6)46)21-9-14-38-18-37(21,38)13-10-24-35(7)12-11-26(47-20(2)40)33(3,4)25(35)16-27(36(24,38)8)49-32-30(44)29(43)28(42)23(17-39)48-32/h19,21-32,39,41-46H,9-18H2,1-8H3/t19-,21+,22?,23-,24-,25+,26-,27-,28-,29+,30-,31?,32+,35-,36+,37+,38-/m1/s1. The van der Waals surface area contributed by atoms with Crippen LogP contribution in [-0.4, -0.2) is 109 Å². The van der Waals surface area contributed by atoms with E-state index < -0.39 is 61.2 Å². The van der Waals surface area contributed by atoms with Crippen molar-refractivity contribution in [1.82, 2.24) is 0 Å². The Morgan fingerprint density at radius 1 is 0.939 bits per heavy atom. The predicted octanol–water partition coefficient (Wildman–Crippen LogP) is 2.67. The van der Waals surface area contributed by atoms with E-state index in [9.17, 15) is 40.5 Å². The number of hydrogen-bond acceptors (Lipinski definition) is 11. The number of fused-ring (bicyclic) bond motifs is 3. The van der Waals surface area contributed by atoms with E-state index in [1.165, 1.54) is 20.8 Å². The fourth-order valence-electron chi connectivity index (χ4n) is 13.5. The Kier molecular flexibility index (Phi) is 9.53. The summed E-state index contributed by atoms with van der Waals surface area (Å²) in [4.78, 5) is 12.2. The normalized spacial score (nSPS) is 50.6. The molecule has 5 saturated carbocycles. The van der Waals surface area contributed by atoms with E-state index >= 15 is 0 Å². The summed E-state index contributed by atoms with van der Waals surface area (Å²) >= 11 is 0. The van der Waals surface area contributed by atoms with Crippen molar-refractivity contribution in [3.05, 3.63) is 0 Å². The van der Waals surface area contributed by atoms with Crippen molar-refractivity contribution >= 4 is 5.97 Å². The lowest BCUT2D eigenvalue weighted by atomic mass is 9.37. The van der Waals surface area contributed by atoms with E-state index in [1.807, 2.05) is 0 Å². The van der Waals surface area contributed by atoms with Crippen molar-refractivity contribution in [2.75, 3.05) is 6.61 Å². The van der Waals surface area contributed by atoms with Crippen molar-refractivity contribution in [2.24, 2.45) is 50.7 Å². The van der Waals surface area contributed by atoms with Gasteiger partial charge in [-0.15, -0.1) is 0 Å². The number of aliphatic hydroxyl groups excluding tert-OH is 6. The van der Waals surface area contributed by atoms with E-state index in [2.05, 4.69) is 34.6 Å². The van der Waals surface area contributed by atoms with Crippen molar-refractivity contribution < 1.29 is 54.8 Å². The molecular formula is C38H64O11. The topological polar surface area (TPSA) is 186 Å². The second-order valence-corrected chi connectivity index (χ2v) is 18.9. The summed E-state index contributed by atoms with van der Waals surface area (Å²) in [5, 5.41) is 74.4. The lowest BCUT2D eigenvalue weighted by molar-refractivity contribution is -0.344. The van der Waals surface area contributed by atoms with Gasteiger partial charge < -0.3 is 50.0 Å². The Morgan fingerprint density at radius 2 is 1.61 bits per heavy atom. The molecule has 6 fully saturated rings. The van der Waals surface area contributed by atoms with Gasteiger partial charge in [-0.1, -0.05) is 34.6 Å². The molecule has 5 aliphatic carbocycles. The molecule has 7 N–H and O–H groups in total. The first kappa shape index (κ1) is 37.9. The van der Waals surface area contributed by atoms with Gasteiger partial charge in [0, 0.05) is 17.8 Å².